The van der Waals surface area contributed by atoms with Gasteiger partial charge in [-0.1, -0.05) is 12.1 Å². The molecule has 0 aliphatic heterocycles. The van der Waals surface area contributed by atoms with E-state index in [4.69, 9.17) is 0 Å². The Kier molecular flexibility index (Phi) is 3.27. The topological polar surface area (TPSA) is 66.1 Å². The van der Waals surface area contributed by atoms with Gasteiger partial charge in [0.15, 0.2) is 0 Å². The van der Waals surface area contributed by atoms with E-state index >= 15 is 0 Å². The number of H-pyrrole nitrogens is 1. The van der Waals surface area contributed by atoms with Crippen molar-refractivity contribution in [2.24, 2.45) is 0 Å². The molecule has 0 aliphatic rings. The van der Waals surface area contributed by atoms with Crippen LogP contribution in [0.4, 0.5) is 0 Å². The molecule has 3 aromatic rings. The first-order valence-electron chi connectivity index (χ1n) is 6.46. The molecule has 0 aliphatic carbocycles. The Bertz CT molecular complexity index is 848. The molecule has 1 N–H and O–H groups in total. The minimum Gasteiger partial charge on any atom is -0.338 e. The molecule has 2 aromatic carbocycles. The summed E-state index contributed by atoms with van der Waals surface area (Å²) >= 11 is 0. The molecule has 0 fully saturated rings. The average molecular weight is 301 g/mol. The Labute approximate surface area is 123 Å². The highest BCUT2D eigenvalue weighted by Crippen LogP contribution is 2.22. The van der Waals surface area contributed by atoms with Crippen molar-refractivity contribution in [2.75, 3.05) is 14.1 Å². The number of para-hydroxylation sites is 2. The SMILES string of the molecule is CN(C)S(=O)(=O)c1ccc(-c2nc3ccccc3[nH]2)cc1. The molecule has 0 amide bonds. The van der Waals surface area contributed by atoms with Gasteiger partial charge in [-0.05, 0) is 36.4 Å². The molecule has 0 atom stereocenters. The zero-order valence-corrected chi connectivity index (χ0v) is 12.6. The van der Waals surface area contributed by atoms with Gasteiger partial charge in [-0.2, -0.15) is 0 Å². The number of nitrogens with one attached hydrogen (secondary N) is 1. The summed E-state index contributed by atoms with van der Waals surface area (Å²) in [6, 6.07) is 14.5. The van der Waals surface area contributed by atoms with Crippen LogP contribution in [-0.2, 0) is 10.0 Å². The van der Waals surface area contributed by atoms with Crippen LogP contribution < -0.4 is 0 Å². The predicted molar refractivity (Wildman–Crippen MR) is 82.4 cm³/mol. The zero-order valence-electron chi connectivity index (χ0n) is 11.7. The van der Waals surface area contributed by atoms with Gasteiger partial charge < -0.3 is 4.98 Å². The number of hydrogen-bond donors (Lipinski definition) is 1. The molecule has 6 heteroatoms. The summed E-state index contributed by atoms with van der Waals surface area (Å²) in [4.78, 5) is 7.99. The summed E-state index contributed by atoms with van der Waals surface area (Å²) in [6.45, 7) is 0. The largest absolute Gasteiger partial charge is 0.338 e. The Hall–Kier alpha value is -2.18. The number of rotatable bonds is 3. The lowest BCUT2D eigenvalue weighted by atomic mass is 10.2. The zero-order chi connectivity index (χ0) is 15.0. The van der Waals surface area contributed by atoms with Crippen molar-refractivity contribution in [3.63, 3.8) is 0 Å². The van der Waals surface area contributed by atoms with Crippen molar-refractivity contribution >= 4 is 21.1 Å². The summed E-state index contributed by atoms with van der Waals surface area (Å²) < 4.78 is 25.2. The summed E-state index contributed by atoms with van der Waals surface area (Å²) in [5.41, 5.74) is 2.69. The number of nitrogens with zero attached hydrogens (tertiary/aromatic N) is 2. The first-order valence-corrected chi connectivity index (χ1v) is 7.90. The predicted octanol–water partition coefficient (Wildman–Crippen LogP) is 2.48. The molecular weight excluding hydrogens is 286 g/mol. The highest BCUT2D eigenvalue weighted by atomic mass is 32.2. The Morgan fingerprint density at radius 1 is 1.00 bits per heavy atom. The number of imidazole rings is 1. The number of benzene rings is 2. The van der Waals surface area contributed by atoms with Crippen LogP contribution >= 0.6 is 0 Å². The van der Waals surface area contributed by atoms with Crippen LogP contribution in [0.2, 0.25) is 0 Å². The van der Waals surface area contributed by atoms with Crippen LogP contribution in [0.25, 0.3) is 22.4 Å². The molecule has 1 aromatic heterocycles. The maximum atomic E-state index is 12.0. The normalized spacial score (nSPS) is 12.1. The quantitative estimate of drug-likeness (QED) is 0.808. The van der Waals surface area contributed by atoms with Crippen molar-refractivity contribution in [1.82, 2.24) is 14.3 Å². The van der Waals surface area contributed by atoms with E-state index in [0.29, 0.717) is 0 Å². The van der Waals surface area contributed by atoms with Gasteiger partial charge in [0.25, 0.3) is 0 Å². The lowest BCUT2D eigenvalue weighted by molar-refractivity contribution is 0.521. The second-order valence-electron chi connectivity index (χ2n) is 4.91. The molecule has 5 nitrogen and oxygen atoms in total. The van der Waals surface area contributed by atoms with Crippen LogP contribution in [-0.4, -0.2) is 36.8 Å². The third-order valence-corrected chi connectivity index (χ3v) is 5.13. The first kappa shape index (κ1) is 13.8. The third kappa shape index (κ3) is 2.43. The van der Waals surface area contributed by atoms with Gasteiger partial charge >= 0.3 is 0 Å². The number of hydrogen-bond acceptors (Lipinski definition) is 3. The monoisotopic (exact) mass is 301 g/mol. The third-order valence-electron chi connectivity index (χ3n) is 3.30. The lowest BCUT2D eigenvalue weighted by Crippen LogP contribution is -2.22. The summed E-state index contributed by atoms with van der Waals surface area (Å²) in [6.07, 6.45) is 0. The van der Waals surface area contributed by atoms with Gasteiger partial charge in [0, 0.05) is 19.7 Å². The number of aromatic nitrogens is 2. The first-order chi connectivity index (χ1) is 9.98. The Morgan fingerprint density at radius 2 is 1.67 bits per heavy atom. The molecule has 0 saturated heterocycles. The van der Waals surface area contributed by atoms with Crippen LogP contribution in [0.15, 0.2) is 53.4 Å². The molecule has 0 unspecified atom stereocenters. The van der Waals surface area contributed by atoms with Crippen molar-refractivity contribution in [1.29, 1.82) is 0 Å². The van der Waals surface area contributed by atoms with Gasteiger partial charge in [-0.3, -0.25) is 0 Å². The average Bonchev–Trinajstić information content (AvgIpc) is 2.91. The summed E-state index contributed by atoms with van der Waals surface area (Å²) in [5.74, 6) is 0.727. The van der Waals surface area contributed by atoms with Crippen LogP contribution in [0, 0.1) is 0 Å². The van der Waals surface area contributed by atoms with Crippen molar-refractivity contribution in [3.05, 3.63) is 48.5 Å². The second-order valence-corrected chi connectivity index (χ2v) is 7.07. The molecular formula is C15H15N3O2S. The fourth-order valence-corrected chi connectivity index (χ4v) is 2.99. The molecule has 0 spiro atoms. The summed E-state index contributed by atoms with van der Waals surface area (Å²) in [5, 5.41) is 0. The van der Waals surface area contributed by atoms with E-state index in [1.165, 1.54) is 18.4 Å². The molecule has 108 valence electrons. The Morgan fingerprint density at radius 3 is 2.29 bits per heavy atom. The standard InChI is InChI=1S/C15H15N3O2S/c1-18(2)21(19,20)12-9-7-11(8-10-12)15-16-13-5-3-4-6-14(13)17-15/h3-10H,1-2H3,(H,16,17). The smallest absolute Gasteiger partial charge is 0.242 e. The van der Waals surface area contributed by atoms with Gasteiger partial charge in [-0.25, -0.2) is 17.7 Å². The minimum atomic E-state index is -3.40. The van der Waals surface area contributed by atoms with Gasteiger partial charge in [0.05, 0.1) is 15.9 Å². The maximum Gasteiger partial charge on any atom is 0.242 e. The fourth-order valence-electron chi connectivity index (χ4n) is 2.09. The van der Waals surface area contributed by atoms with E-state index in [9.17, 15) is 8.42 Å². The van der Waals surface area contributed by atoms with E-state index < -0.39 is 10.0 Å². The lowest BCUT2D eigenvalue weighted by Gasteiger charge is -2.11. The number of aromatic amines is 1. The van der Waals surface area contributed by atoms with Crippen molar-refractivity contribution < 1.29 is 8.42 Å². The van der Waals surface area contributed by atoms with Gasteiger partial charge in [-0.15, -0.1) is 0 Å². The van der Waals surface area contributed by atoms with Crippen LogP contribution in [0.5, 0.6) is 0 Å². The van der Waals surface area contributed by atoms with Crippen molar-refractivity contribution in [3.8, 4) is 11.4 Å². The van der Waals surface area contributed by atoms with Crippen LogP contribution in [0.3, 0.4) is 0 Å². The molecule has 0 radical (unpaired) electrons. The van der Waals surface area contributed by atoms with E-state index in [-0.39, 0.29) is 4.90 Å². The molecule has 0 bridgehead atoms. The van der Waals surface area contributed by atoms with E-state index in [2.05, 4.69) is 9.97 Å². The second kappa shape index (κ2) is 4.98. The number of sulfonamides is 1. The van der Waals surface area contributed by atoms with Crippen molar-refractivity contribution in [2.45, 2.75) is 4.90 Å². The molecule has 1 heterocycles. The fraction of sp³-hybridized carbons (Fsp3) is 0.133. The summed E-state index contributed by atoms with van der Waals surface area (Å²) in [7, 11) is -0.365. The highest BCUT2D eigenvalue weighted by molar-refractivity contribution is 7.89. The van der Waals surface area contributed by atoms with E-state index in [1.54, 1.807) is 24.3 Å². The minimum absolute atomic E-state index is 0.271. The van der Waals surface area contributed by atoms with Gasteiger partial charge in [0.2, 0.25) is 10.0 Å². The Balaban J connectivity index is 2.01. The number of fused-ring (bicyclic) bond motifs is 1. The van der Waals surface area contributed by atoms with Gasteiger partial charge in [0.1, 0.15) is 5.82 Å². The van der Waals surface area contributed by atoms with Crippen LogP contribution in [0.1, 0.15) is 0 Å². The van der Waals surface area contributed by atoms with E-state index in [0.717, 1.165) is 22.4 Å². The molecule has 0 saturated carbocycles. The maximum absolute atomic E-state index is 12.0. The molecule has 3 rings (SSSR count). The molecule has 21 heavy (non-hydrogen) atoms. The highest BCUT2D eigenvalue weighted by Gasteiger charge is 2.17. The van der Waals surface area contributed by atoms with E-state index in [1.807, 2.05) is 24.3 Å².